The summed E-state index contributed by atoms with van der Waals surface area (Å²) in [4.78, 5) is 4.72. The predicted molar refractivity (Wildman–Crippen MR) is 101 cm³/mol. The van der Waals surface area contributed by atoms with Crippen molar-refractivity contribution in [2.45, 2.75) is 53.2 Å². The van der Waals surface area contributed by atoms with Gasteiger partial charge in [-0.3, -0.25) is 4.98 Å². The van der Waals surface area contributed by atoms with Crippen LogP contribution in [0.15, 0.2) is 42.6 Å². The number of benzene rings is 1. The highest BCUT2D eigenvalue weighted by molar-refractivity contribution is 6.89. The van der Waals surface area contributed by atoms with Gasteiger partial charge in [0.15, 0.2) is 0 Å². The molecule has 1 nitrogen and oxygen atoms in total. The SMILES string of the molecule is [2H]C(C)(c1cc(-c2ccccc2)ncc1[Si](C)(C)C)C(C)(C)C. The van der Waals surface area contributed by atoms with Crippen LogP contribution in [0.2, 0.25) is 19.6 Å². The van der Waals surface area contributed by atoms with Crippen molar-refractivity contribution in [2.75, 3.05) is 0 Å². The Morgan fingerprint density at radius 1 is 1.09 bits per heavy atom. The number of hydrogen-bond donors (Lipinski definition) is 0. The molecule has 1 aromatic carbocycles. The maximum atomic E-state index is 9.09. The van der Waals surface area contributed by atoms with Crippen molar-refractivity contribution in [3.63, 3.8) is 0 Å². The van der Waals surface area contributed by atoms with Crippen LogP contribution in [0.5, 0.6) is 0 Å². The average Bonchev–Trinajstić information content (AvgIpc) is 2.45. The van der Waals surface area contributed by atoms with Crippen molar-refractivity contribution >= 4 is 13.3 Å². The average molecular weight is 313 g/mol. The Balaban J connectivity index is 2.70. The predicted octanol–water partition coefficient (Wildman–Crippen LogP) is 5.44. The maximum absolute atomic E-state index is 9.09. The molecular weight excluding hydrogens is 282 g/mol. The van der Waals surface area contributed by atoms with E-state index in [0.29, 0.717) is 0 Å². The van der Waals surface area contributed by atoms with E-state index >= 15 is 0 Å². The fourth-order valence-electron chi connectivity index (χ4n) is 2.53. The minimum Gasteiger partial charge on any atom is -0.256 e. The van der Waals surface area contributed by atoms with Crippen LogP contribution in [-0.2, 0) is 0 Å². The number of nitrogens with zero attached hydrogens (tertiary/aromatic N) is 1. The third-order valence-corrected chi connectivity index (χ3v) is 6.32. The Morgan fingerprint density at radius 2 is 1.68 bits per heavy atom. The van der Waals surface area contributed by atoms with Gasteiger partial charge in [0.05, 0.1) is 13.8 Å². The van der Waals surface area contributed by atoms with Gasteiger partial charge in [0.1, 0.15) is 0 Å². The zero-order chi connectivity index (χ0) is 17.5. The lowest BCUT2D eigenvalue weighted by atomic mass is 9.78. The molecule has 0 bridgehead atoms. The van der Waals surface area contributed by atoms with Crippen LogP contribution in [0.1, 0.15) is 40.5 Å². The second-order valence-electron chi connectivity index (χ2n) is 8.11. The Morgan fingerprint density at radius 3 is 2.18 bits per heavy atom. The van der Waals surface area contributed by atoms with Crippen LogP contribution in [-0.4, -0.2) is 13.1 Å². The van der Waals surface area contributed by atoms with Gasteiger partial charge in [-0.05, 0) is 28.1 Å². The zero-order valence-electron chi connectivity index (χ0n) is 16.0. The van der Waals surface area contributed by atoms with E-state index in [4.69, 9.17) is 6.35 Å². The first-order valence-electron chi connectivity index (χ1n) is 8.51. The molecule has 0 N–H and O–H groups in total. The zero-order valence-corrected chi connectivity index (χ0v) is 16.0. The van der Waals surface area contributed by atoms with Crippen LogP contribution >= 0.6 is 0 Å². The second-order valence-corrected chi connectivity index (χ2v) is 13.1. The topological polar surface area (TPSA) is 12.9 Å². The number of aromatic nitrogens is 1. The van der Waals surface area contributed by atoms with Crippen LogP contribution in [0.25, 0.3) is 11.3 Å². The Bertz CT molecular complexity index is 679. The highest BCUT2D eigenvalue weighted by atomic mass is 28.3. The van der Waals surface area contributed by atoms with Crippen molar-refractivity contribution in [1.82, 2.24) is 4.98 Å². The first-order chi connectivity index (χ1) is 10.4. The molecule has 22 heavy (non-hydrogen) atoms. The summed E-state index contributed by atoms with van der Waals surface area (Å²) in [6, 6.07) is 12.4. The van der Waals surface area contributed by atoms with E-state index in [2.05, 4.69) is 58.6 Å². The van der Waals surface area contributed by atoms with E-state index in [-0.39, 0.29) is 5.41 Å². The molecular formula is C20H29NSi. The number of rotatable bonds is 3. The van der Waals surface area contributed by atoms with Crippen LogP contribution in [0, 0.1) is 5.41 Å². The summed E-state index contributed by atoms with van der Waals surface area (Å²) in [5, 5.41) is 1.30. The first-order valence-corrected chi connectivity index (χ1v) is 11.5. The van der Waals surface area contributed by atoms with E-state index in [9.17, 15) is 0 Å². The van der Waals surface area contributed by atoms with Crippen LogP contribution < -0.4 is 5.19 Å². The summed E-state index contributed by atoms with van der Waals surface area (Å²) >= 11 is 0. The fraction of sp³-hybridized carbons (Fsp3) is 0.450. The summed E-state index contributed by atoms with van der Waals surface area (Å²) < 4.78 is 9.09. The lowest BCUT2D eigenvalue weighted by Crippen LogP contribution is -2.42. The van der Waals surface area contributed by atoms with Gasteiger partial charge in [-0.1, -0.05) is 77.7 Å². The second kappa shape index (κ2) is 6.00. The van der Waals surface area contributed by atoms with Gasteiger partial charge in [-0.2, -0.15) is 0 Å². The minimum atomic E-state index is -1.57. The monoisotopic (exact) mass is 312 g/mol. The Kier molecular flexibility index (Phi) is 4.22. The highest BCUT2D eigenvalue weighted by Gasteiger charge is 2.29. The summed E-state index contributed by atoms with van der Waals surface area (Å²) in [5.41, 5.74) is 3.07. The minimum absolute atomic E-state index is 0.142. The first kappa shape index (κ1) is 15.5. The van der Waals surface area contributed by atoms with Crippen LogP contribution in [0.3, 0.4) is 0 Å². The van der Waals surface area contributed by atoms with Crippen molar-refractivity contribution < 1.29 is 1.37 Å². The lowest BCUT2D eigenvalue weighted by molar-refractivity contribution is 0.340. The largest absolute Gasteiger partial charge is 0.256 e. The molecule has 2 aromatic rings. The number of hydrogen-bond acceptors (Lipinski definition) is 1. The quantitative estimate of drug-likeness (QED) is 0.687. The van der Waals surface area contributed by atoms with Gasteiger partial charge in [-0.25, -0.2) is 0 Å². The van der Waals surface area contributed by atoms with E-state index in [1.807, 2.05) is 31.3 Å². The van der Waals surface area contributed by atoms with Crippen molar-refractivity contribution in [1.29, 1.82) is 0 Å². The summed E-state index contributed by atoms with van der Waals surface area (Å²) in [7, 11) is -1.57. The van der Waals surface area contributed by atoms with Crippen molar-refractivity contribution in [3.05, 3.63) is 48.2 Å². The molecule has 1 unspecified atom stereocenters. The number of pyridine rings is 1. The van der Waals surface area contributed by atoms with E-state index in [1.54, 1.807) is 0 Å². The van der Waals surface area contributed by atoms with Gasteiger partial charge in [0.25, 0.3) is 0 Å². The summed E-state index contributed by atoms with van der Waals surface area (Å²) in [6.45, 7) is 15.5. The van der Waals surface area contributed by atoms with Gasteiger partial charge in [0, 0.05) is 13.1 Å². The van der Waals surface area contributed by atoms with Gasteiger partial charge < -0.3 is 0 Å². The summed E-state index contributed by atoms with van der Waals surface area (Å²) in [5.74, 6) is -0.658. The molecule has 118 valence electrons. The molecule has 0 spiro atoms. The smallest absolute Gasteiger partial charge is 0.0799 e. The molecule has 0 saturated heterocycles. The third kappa shape index (κ3) is 3.67. The van der Waals surface area contributed by atoms with Crippen LogP contribution in [0.4, 0.5) is 0 Å². The molecule has 2 rings (SSSR count). The van der Waals surface area contributed by atoms with Gasteiger partial charge in [0.2, 0.25) is 0 Å². The molecule has 0 aliphatic heterocycles. The lowest BCUT2D eigenvalue weighted by Gasteiger charge is -2.32. The molecule has 0 fully saturated rings. The summed E-state index contributed by atoms with van der Waals surface area (Å²) in [6.07, 6.45) is 2.03. The maximum Gasteiger partial charge on any atom is 0.0799 e. The van der Waals surface area contributed by atoms with Gasteiger partial charge in [-0.15, -0.1) is 0 Å². The van der Waals surface area contributed by atoms with Crippen molar-refractivity contribution in [2.24, 2.45) is 5.41 Å². The normalized spacial score (nSPS) is 16.0. The van der Waals surface area contributed by atoms with E-state index in [0.717, 1.165) is 16.8 Å². The molecule has 1 heterocycles. The molecule has 0 amide bonds. The standard InChI is InChI=1S/C20H29NSi/c1-15(20(2,3)4)17-13-18(16-11-9-8-10-12-16)21-14-19(17)22(5,6)7/h8-15H,1-7H3/i15D. The highest BCUT2D eigenvalue weighted by Crippen LogP contribution is 2.35. The van der Waals surface area contributed by atoms with Crippen molar-refractivity contribution in [3.8, 4) is 11.3 Å². The third-order valence-electron chi connectivity index (χ3n) is 4.31. The fourth-order valence-corrected chi connectivity index (χ4v) is 4.05. The molecule has 1 aromatic heterocycles. The molecule has 2 heteroatoms. The van der Waals surface area contributed by atoms with E-state index < -0.39 is 14.0 Å². The van der Waals surface area contributed by atoms with Gasteiger partial charge >= 0.3 is 0 Å². The molecule has 0 radical (unpaired) electrons. The molecule has 0 aliphatic rings. The Labute approximate surface area is 138 Å². The molecule has 0 aliphatic carbocycles. The molecule has 0 saturated carbocycles. The Hall–Kier alpha value is -1.41. The molecule has 1 atom stereocenters. The van der Waals surface area contributed by atoms with E-state index in [1.165, 1.54) is 5.19 Å².